The molecule has 0 atom stereocenters. The summed E-state index contributed by atoms with van der Waals surface area (Å²) in [5.74, 6) is 1.37. The molecule has 0 amide bonds. The van der Waals surface area contributed by atoms with Crippen LogP contribution in [0.4, 0.5) is 4.39 Å². The molecular formula is C21H17FN2O3S. The van der Waals surface area contributed by atoms with Gasteiger partial charge in [-0.1, -0.05) is 30.0 Å². The van der Waals surface area contributed by atoms with E-state index in [2.05, 4.69) is 4.98 Å². The molecule has 0 aliphatic carbocycles. The Kier molecular flexibility index (Phi) is 5.43. The molecule has 0 fully saturated rings. The molecule has 2 heterocycles. The van der Waals surface area contributed by atoms with Gasteiger partial charge in [0.1, 0.15) is 17.3 Å². The highest BCUT2D eigenvalue weighted by molar-refractivity contribution is 7.99. The topological polar surface area (TPSA) is 57.3 Å². The molecule has 2 aromatic carbocycles. The van der Waals surface area contributed by atoms with Crippen LogP contribution in [0.25, 0.3) is 10.9 Å². The van der Waals surface area contributed by atoms with Crippen molar-refractivity contribution >= 4 is 22.7 Å². The van der Waals surface area contributed by atoms with Gasteiger partial charge in [0.15, 0.2) is 5.16 Å². The number of thioether (sulfide) groups is 1. The third kappa shape index (κ3) is 4.09. The number of fused-ring (bicyclic) bond motifs is 1. The summed E-state index contributed by atoms with van der Waals surface area (Å²) in [6, 6.07) is 16.9. The van der Waals surface area contributed by atoms with Crippen molar-refractivity contribution < 1.29 is 13.5 Å². The number of halogens is 1. The van der Waals surface area contributed by atoms with E-state index in [0.29, 0.717) is 46.5 Å². The van der Waals surface area contributed by atoms with E-state index in [1.807, 2.05) is 24.3 Å². The van der Waals surface area contributed by atoms with Gasteiger partial charge in [-0.05, 0) is 36.4 Å². The normalized spacial score (nSPS) is 11.0. The Morgan fingerprint density at radius 3 is 2.82 bits per heavy atom. The molecule has 0 saturated carbocycles. The van der Waals surface area contributed by atoms with Crippen LogP contribution in [0.5, 0.6) is 5.75 Å². The van der Waals surface area contributed by atoms with Gasteiger partial charge in [0, 0.05) is 11.8 Å². The molecule has 4 rings (SSSR count). The molecule has 5 nitrogen and oxygen atoms in total. The van der Waals surface area contributed by atoms with Crippen LogP contribution in [-0.4, -0.2) is 21.9 Å². The van der Waals surface area contributed by atoms with Gasteiger partial charge in [-0.25, -0.2) is 9.37 Å². The third-order valence-electron chi connectivity index (χ3n) is 4.10. The maximum atomic E-state index is 13.2. The lowest BCUT2D eigenvalue weighted by Gasteiger charge is -2.12. The fraction of sp³-hybridized carbons (Fsp3) is 0.143. The van der Waals surface area contributed by atoms with E-state index < -0.39 is 0 Å². The van der Waals surface area contributed by atoms with E-state index in [9.17, 15) is 9.18 Å². The minimum Gasteiger partial charge on any atom is -0.493 e. The average molecular weight is 396 g/mol. The number of ether oxygens (including phenoxy) is 1. The Balaban J connectivity index is 1.55. The van der Waals surface area contributed by atoms with Crippen LogP contribution in [0.3, 0.4) is 0 Å². The predicted molar refractivity (Wildman–Crippen MR) is 106 cm³/mol. The Hall–Kier alpha value is -3.06. The summed E-state index contributed by atoms with van der Waals surface area (Å²) in [5.41, 5.74) is 0.535. The minimum absolute atomic E-state index is 0.115. The fourth-order valence-electron chi connectivity index (χ4n) is 2.80. The van der Waals surface area contributed by atoms with Crippen LogP contribution in [-0.2, 0) is 6.54 Å². The minimum atomic E-state index is -0.339. The molecule has 0 unspecified atom stereocenters. The first-order valence-corrected chi connectivity index (χ1v) is 9.72. The molecule has 0 saturated heterocycles. The number of nitrogens with zero attached hydrogens (tertiary/aromatic N) is 2. The zero-order valence-corrected chi connectivity index (χ0v) is 15.7. The molecule has 142 valence electrons. The standard InChI is InChI=1S/C21H17FN2O3S/c22-15-5-3-6-16(13-15)27-11-12-28-21-23-19-9-2-1-8-18(19)20(25)24(21)14-17-7-4-10-26-17/h1-10,13H,11-12,14H2. The van der Waals surface area contributed by atoms with Crippen molar-refractivity contribution in [3.63, 3.8) is 0 Å². The van der Waals surface area contributed by atoms with Gasteiger partial charge >= 0.3 is 0 Å². The van der Waals surface area contributed by atoms with E-state index in [1.54, 1.807) is 35.1 Å². The first-order valence-electron chi connectivity index (χ1n) is 8.74. The van der Waals surface area contributed by atoms with Crippen LogP contribution < -0.4 is 10.3 Å². The summed E-state index contributed by atoms with van der Waals surface area (Å²) in [5, 5.41) is 1.15. The predicted octanol–water partition coefficient (Wildman–Crippen LogP) is 4.35. The van der Waals surface area contributed by atoms with Crippen molar-refractivity contribution in [3.05, 3.63) is 88.9 Å². The summed E-state index contributed by atoms with van der Waals surface area (Å²) in [4.78, 5) is 17.6. The number of para-hydroxylation sites is 1. The van der Waals surface area contributed by atoms with Gasteiger partial charge in [-0.2, -0.15) is 0 Å². The van der Waals surface area contributed by atoms with Crippen LogP contribution in [0, 0.1) is 5.82 Å². The maximum Gasteiger partial charge on any atom is 0.262 e. The fourth-order valence-corrected chi connectivity index (χ4v) is 3.62. The lowest BCUT2D eigenvalue weighted by atomic mass is 10.2. The molecule has 28 heavy (non-hydrogen) atoms. The largest absolute Gasteiger partial charge is 0.493 e. The maximum absolute atomic E-state index is 13.2. The average Bonchev–Trinajstić information content (AvgIpc) is 3.21. The van der Waals surface area contributed by atoms with Crippen molar-refractivity contribution in [2.24, 2.45) is 0 Å². The van der Waals surface area contributed by atoms with Gasteiger partial charge in [0.25, 0.3) is 5.56 Å². The number of furan rings is 1. The Morgan fingerprint density at radius 1 is 1.11 bits per heavy atom. The molecule has 2 aromatic heterocycles. The van der Waals surface area contributed by atoms with Gasteiger partial charge < -0.3 is 9.15 Å². The first kappa shape index (κ1) is 18.3. The Bertz CT molecular complexity index is 1140. The molecule has 7 heteroatoms. The molecule has 0 radical (unpaired) electrons. The number of hydrogen-bond acceptors (Lipinski definition) is 5. The van der Waals surface area contributed by atoms with Crippen molar-refractivity contribution in [2.75, 3.05) is 12.4 Å². The number of aromatic nitrogens is 2. The molecular weight excluding hydrogens is 379 g/mol. The second-order valence-corrected chi connectivity index (χ2v) is 7.10. The van der Waals surface area contributed by atoms with Crippen LogP contribution in [0.2, 0.25) is 0 Å². The number of benzene rings is 2. The van der Waals surface area contributed by atoms with E-state index in [4.69, 9.17) is 9.15 Å². The smallest absolute Gasteiger partial charge is 0.262 e. The zero-order valence-electron chi connectivity index (χ0n) is 14.9. The van der Waals surface area contributed by atoms with Crippen molar-refractivity contribution in [1.82, 2.24) is 9.55 Å². The lowest BCUT2D eigenvalue weighted by Crippen LogP contribution is -2.24. The Labute approximate surface area is 164 Å². The van der Waals surface area contributed by atoms with Crippen molar-refractivity contribution in [3.8, 4) is 5.75 Å². The van der Waals surface area contributed by atoms with E-state index in [-0.39, 0.29) is 11.4 Å². The van der Waals surface area contributed by atoms with Crippen molar-refractivity contribution in [1.29, 1.82) is 0 Å². The van der Waals surface area contributed by atoms with E-state index in [0.717, 1.165) is 0 Å². The first-order chi connectivity index (χ1) is 13.7. The molecule has 0 spiro atoms. The monoisotopic (exact) mass is 396 g/mol. The van der Waals surface area contributed by atoms with Gasteiger partial charge in [-0.3, -0.25) is 9.36 Å². The molecule has 0 aliphatic heterocycles. The quantitative estimate of drug-likeness (QED) is 0.264. The number of rotatable bonds is 7. The summed E-state index contributed by atoms with van der Waals surface area (Å²) in [7, 11) is 0. The second-order valence-electron chi connectivity index (χ2n) is 6.04. The van der Waals surface area contributed by atoms with Gasteiger partial charge in [0.05, 0.1) is 30.3 Å². The summed E-state index contributed by atoms with van der Waals surface area (Å²) < 4.78 is 25.8. The summed E-state index contributed by atoms with van der Waals surface area (Å²) in [6.45, 7) is 0.661. The molecule has 4 aromatic rings. The summed E-state index contributed by atoms with van der Waals surface area (Å²) >= 11 is 1.41. The van der Waals surface area contributed by atoms with E-state index >= 15 is 0 Å². The number of hydrogen-bond donors (Lipinski definition) is 0. The third-order valence-corrected chi connectivity index (χ3v) is 5.04. The van der Waals surface area contributed by atoms with Crippen LogP contribution in [0.15, 0.2) is 81.3 Å². The highest BCUT2D eigenvalue weighted by Crippen LogP contribution is 2.20. The van der Waals surface area contributed by atoms with Crippen LogP contribution in [0.1, 0.15) is 5.76 Å². The zero-order chi connectivity index (χ0) is 19.3. The Morgan fingerprint density at radius 2 is 2.00 bits per heavy atom. The molecule has 0 N–H and O–H groups in total. The molecule has 0 bridgehead atoms. The second kappa shape index (κ2) is 8.31. The summed E-state index contributed by atoms with van der Waals surface area (Å²) in [6.07, 6.45) is 1.58. The lowest BCUT2D eigenvalue weighted by molar-refractivity contribution is 0.341. The van der Waals surface area contributed by atoms with Gasteiger partial charge in [-0.15, -0.1) is 0 Å². The van der Waals surface area contributed by atoms with Crippen molar-refractivity contribution in [2.45, 2.75) is 11.7 Å². The van der Waals surface area contributed by atoms with Crippen LogP contribution >= 0.6 is 11.8 Å². The molecule has 0 aliphatic rings. The highest BCUT2D eigenvalue weighted by Gasteiger charge is 2.13. The SMILES string of the molecule is O=c1c2ccccc2nc(SCCOc2cccc(F)c2)n1Cc1ccco1. The highest BCUT2D eigenvalue weighted by atomic mass is 32.2. The van der Waals surface area contributed by atoms with E-state index in [1.165, 1.54) is 23.9 Å². The van der Waals surface area contributed by atoms with Gasteiger partial charge in [0.2, 0.25) is 0 Å².